The third-order valence-electron chi connectivity index (χ3n) is 6.45. The minimum absolute atomic E-state index is 0.491. The Hall–Kier alpha value is -3.15. The van der Waals surface area contributed by atoms with Crippen LogP contribution in [0.3, 0.4) is 0 Å². The molecule has 152 valence electrons. The van der Waals surface area contributed by atoms with Crippen LogP contribution in [-0.4, -0.2) is 50.7 Å². The highest BCUT2D eigenvalue weighted by atomic mass is 16.6. The van der Waals surface area contributed by atoms with Gasteiger partial charge in [-0.3, -0.25) is 0 Å². The third kappa shape index (κ3) is 2.82. The molecule has 8 nitrogen and oxygen atoms in total. The van der Waals surface area contributed by atoms with Gasteiger partial charge in [-0.25, -0.2) is 9.50 Å². The van der Waals surface area contributed by atoms with E-state index < -0.39 is 5.79 Å². The molecule has 6 heterocycles. The van der Waals surface area contributed by atoms with Gasteiger partial charge in [0.15, 0.2) is 0 Å². The molecule has 1 saturated carbocycles. The lowest BCUT2D eigenvalue weighted by atomic mass is 9.91. The minimum atomic E-state index is -1.11. The first-order valence-corrected chi connectivity index (χ1v) is 10.4. The number of aliphatic hydroxyl groups is 1. The molecule has 2 unspecified atom stereocenters. The van der Waals surface area contributed by atoms with E-state index in [1.165, 1.54) is 6.42 Å². The van der Waals surface area contributed by atoms with Gasteiger partial charge in [0.2, 0.25) is 5.79 Å². The van der Waals surface area contributed by atoms with Crippen LogP contribution in [0.25, 0.3) is 16.6 Å². The van der Waals surface area contributed by atoms with Gasteiger partial charge < -0.3 is 20.1 Å². The summed E-state index contributed by atoms with van der Waals surface area (Å²) in [6.45, 7) is 1.96. The van der Waals surface area contributed by atoms with Crippen LogP contribution < -0.4 is 15.0 Å². The number of rotatable bonds is 4. The van der Waals surface area contributed by atoms with Crippen molar-refractivity contribution in [3.05, 3.63) is 42.4 Å². The average molecular weight is 402 g/mol. The Bertz CT molecular complexity index is 1140. The number of anilines is 1. The highest BCUT2D eigenvalue weighted by Crippen LogP contribution is 2.37. The van der Waals surface area contributed by atoms with Crippen molar-refractivity contribution >= 4 is 11.3 Å². The van der Waals surface area contributed by atoms with Gasteiger partial charge in [-0.1, -0.05) is 0 Å². The molecule has 0 spiro atoms. The van der Waals surface area contributed by atoms with Gasteiger partial charge in [-0.2, -0.15) is 10.4 Å². The first-order chi connectivity index (χ1) is 14.6. The lowest BCUT2D eigenvalue weighted by Gasteiger charge is -2.48. The lowest BCUT2D eigenvalue weighted by molar-refractivity contribution is -0.189. The second kappa shape index (κ2) is 6.42. The Labute approximate surface area is 173 Å². The molecule has 0 aromatic carbocycles. The number of piperidine rings is 1. The zero-order valence-corrected chi connectivity index (χ0v) is 16.5. The van der Waals surface area contributed by atoms with Crippen LogP contribution in [0, 0.1) is 11.3 Å². The fourth-order valence-corrected chi connectivity index (χ4v) is 4.69. The molecule has 1 aliphatic carbocycles. The molecule has 3 aromatic rings. The van der Waals surface area contributed by atoms with Gasteiger partial charge in [-0.05, 0) is 31.0 Å². The Morgan fingerprint density at radius 1 is 1.23 bits per heavy atom. The number of nitriles is 1. The third-order valence-corrected chi connectivity index (χ3v) is 6.45. The molecule has 4 aliphatic rings. The molecular formula is C22H22N6O2. The van der Waals surface area contributed by atoms with E-state index in [0.29, 0.717) is 41.8 Å². The van der Waals surface area contributed by atoms with Gasteiger partial charge in [0, 0.05) is 55.3 Å². The number of nitrogens with zero attached hydrogens (tertiary/aromatic N) is 5. The van der Waals surface area contributed by atoms with Crippen molar-refractivity contribution in [2.45, 2.75) is 43.6 Å². The van der Waals surface area contributed by atoms with Crippen molar-refractivity contribution < 1.29 is 9.84 Å². The standard InChI is InChI=1S/C22H22N6O2/c23-8-15-10-25-28-13-18(30-22(29)4-1-5-22)7-19(21(15)28)14-2-3-20(24-9-14)27-11-16-6-17(12-27)26-16/h2-3,7,9-10,13,16-17,26,29H,1,4-6,11-12H2. The van der Waals surface area contributed by atoms with E-state index in [2.05, 4.69) is 21.4 Å². The van der Waals surface area contributed by atoms with E-state index in [0.717, 1.165) is 36.5 Å². The summed E-state index contributed by atoms with van der Waals surface area (Å²) in [5.74, 6) is 0.385. The molecule has 0 radical (unpaired) electrons. The summed E-state index contributed by atoms with van der Waals surface area (Å²) >= 11 is 0. The number of aromatic nitrogens is 3. The van der Waals surface area contributed by atoms with Gasteiger partial charge >= 0.3 is 0 Å². The van der Waals surface area contributed by atoms with E-state index in [4.69, 9.17) is 9.72 Å². The molecule has 2 atom stereocenters. The Kier molecular flexibility index (Phi) is 3.79. The number of pyridine rings is 2. The van der Waals surface area contributed by atoms with Crippen LogP contribution in [-0.2, 0) is 0 Å². The number of nitrogens with one attached hydrogen (secondary N) is 1. The van der Waals surface area contributed by atoms with E-state index in [1.54, 1.807) is 16.9 Å². The van der Waals surface area contributed by atoms with E-state index in [9.17, 15) is 10.4 Å². The average Bonchev–Trinajstić information content (AvgIpc) is 3.15. The topological polar surface area (TPSA) is 98.7 Å². The monoisotopic (exact) mass is 402 g/mol. The predicted molar refractivity (Wildman–Crippen MR) is 110 cm³/mol. The van der Waals surface area contributed by atoms with Gasteiger partial charge in [-0.15, -0.1) is 0 Å². The summed E-state index contributed by atoms with van der Waals surface area (Å²) in [6.07, 6.45) is 8.54. The summed E-state index contributed by atoms with van der Waals surface area (Å²) in [5, 5.41) is 27.8. The number of hydrogen-bond donors (Lipinski definition) is 2. The Balaban J connectivity index is 1.38. The molecule has 0 amide bonds. The maximum atomic E-state index is 10.4. The van der Waals surface area contributed by atoms with Crippen LogP contribution in [0.5, 0.6) is 5.75 Å². The van der Waals surface area contributed by atoms with Crippen molar-refractivity contribution in [3.63, 3.8) is 0 Å². The zero-order chi connectivity index (χ0) is 20.3. The SMILES string of the molecule is N#Cc1cnn2cc(OC3(O)CCC3)cc(-c3ccc(N4CC5CC(C4)N5)nc3)c12. The Morgan fingerprint density at radius 2 is 2.03 bits per heavy atom. The van der Waals surface area contributed by atoms with Crippen molar-refractivity contribution in [1.29, 1.82) is 5.26 Å². The molecule has 4 fully saturated rings. The van der Waals surface area contributed by atoms with Crippen LogP contribution in [0.15, 0.2) is 36.8 Å². The maximum absolute atomic E-state index is 10.4. The molecule has 8 heteroatoms. The normalized spacial score (nSPS) is 24.1. The molecule has 7 rings (SSSR count). The van der Waals surface area contributed by atoms with Gasteiger partial charge in [0.05, 0.1) is 23.5 Å². The van der Waals surface area contributed by atoms with Crippen molar-refractivity contribution in [3.8, 4) is 22.9 Å². The second-order valence-electron chi connectivity index (χ2n) is 8.56. The fourth-order valence-electron chi connectivity index (χ4n) is 4.69. The molecule has 3 saturated heterocycles. The summed E-state index contributed by atoms with van der Waals surface area (Å²) in [6, 6.07) is 9.28. The number of fused-ring (bicyclic) bond motifs is 3. The highest BCUT2D eigenvalue weighted by molar-refractivity contribution is 5.85. The van der Waals surface area contributed by atoms with Gasteiger partial charge in [0.1, 0.15) is 17.6 Å². The Morgan fingerprint density at radius 3 is 2.67 bits per heavy atom. The van der Waals surface area contributed by atoms with Crippen LogP contribution in [0.4, 0.5) is 5.82 Å². The summed E-state index contributed by atoms with van der Waals surface area (Å²) in [4.78, 5) is 7.03. The number of ether oxygens (including phenoxy) is 1. The van der Waals surface area contributed by atoms with Crippen molar-refractivity contribution in [2.75, 3.05) is 18.0 Å². The first kappa shape index (κ1) is 17.7. The largest absolute Gasteiger partial charge is 0.461 e. The van der Waals surface area contributed by atoms with E-state index >= 15 is 0 Å². The van der Waals surface area contributed by atoms with E-state index in [-0.39, 0.29) is 0 Å². The summed E-state index contributed by atoms with van der Waals surface area (Å²) in [7, 11) is 0. The first-order valence-electron chi connectivity index (χ1n) is 10.4. The number of hydrogen-bond acceptors (Lipinski definition) is 7. The lowest BCUT2D eigenvalue weighted by Crippen LogP contribution is -2.67. The molecule has 2 N–H and O–H groups in total. The molecule has 30 heavy (non-hydrogen) atoms. The molecular weight excluding hydrogens is 380 g/mol. The smallest absolute Gasteiger partial charge is 0.208 e. The van der Waals surface area contributed by atoms with Crippen LogP contribution >= 0.6 is 0 Å². The van der Waals surface area contributed by atoms with Crippen LogP contribution in [0.1, 0.15) is 31.2 Å². The van der Waals surface area contributed by atoms with Gasteiger partial charge in [0.25, 0.3) is 0 Å². The van der Waals surface area contributed by atoms with Crippen molar-refractivity contribution in [2.24, 2.45) is 0 Å². The minimum Gasteiger partial charge on any atom is -0.461 e. The maximum Gasteiger partial charge on any atom is 0.208 e. The quantitative estimate of drug-likeness (QED) is 0.645. The molecule has 3 aliphatic heterocycles. The zero-order valence-electron chi connectivity index (χ0n) is 16.5. The summed E-state index contributed by atoms with van der Waals surface area (Å²) in [5.41, 5.74) is 2.90. The molecule has 3 aromatic heterocycles. The van der Waals surface area contributed by atoms with Crippen molar-refractivity contribution in [1.82, 2.24) is 19.9 Å². The summed E-state index contributed by atoms with van der Waals surface area (Å²) < 4.78 is 7.50. The highest BCUT2D eigenvalue weighted by Gasteiger charge is 2.38. The fraction of sp³-hybridized carbons (Fsp3) is 0.409. The predicted octanol–water partition coefficient (Wildman–Crippen LogP) is 2.07. The number of piperazine rings is 1. The molecule has 2 bridgehead atoms. The second-order valence-corrected chi connectivity index (χ2v) is 8.56. The van der Waals surface area contributed by atoms with E-state index in [1.807, 2.05) is 24.4 Å². The van der Waals surface area contributed by atoms with Crippen LogP contribution in [0.2, 0.25) is 0 Å².